The van der Waals surface area contributed by atoms with E-state index >= 15 is 0 Å². The van der Waals surface area contributed by atoms with Crippen molar-refractivity contribution in [3.8, 4) is 17.7 Å². The van der Waals surface area contributed by atoms with E-state index in [9.17, 15) is 28.8 Å². The van der Waals surface area contributed by atoms with Crippen molar-refractivity contribution in [3.05, 3.63) is 256 Å². The fraction of sp³-hybridized carbons (Fsp3) is 0.447. The summed E-state index contributed by atoms with van der Waals surface area (Å²) in [7, 11) is 4.82. The van der Waals surface area contributed by atoms with Crippen molar-refractivity contribution in [2.24, 2.45) is 10.5 Å². The molecule has 0 radical (unpaired) electrons. The van der Waals surface area contributed by atoms with Gasteiger partial charge in [0.25, 0.3) is 5.91 Å². The van der Waals surface area contributed by atoms with E-state index in [0.717, 1.165) is 111 Å². The number of esters is 2. The minimum atomic E-state index is -1.30. The molecule has 21 nitrogen and oxygen atoms in total. The van der Waals surface area contributed by atoms with Crippen LogP contribution >= 0.6 is 18.8 Å². The number of nitriles is 1. The van der Waals surface area contributed by atoms with Crippen LogP contribution in [0, 0.1) is 18.4 Å². The number of hydrogen-bond donors (Lipinski definition) is 6. The summed E-state index contributed by atoms with van der Waals surface area (Å²) in [6, 6.07) is 63.4. The Bertz CT molecular complexity index is 4010. The fourth-order valence-corrected chi connectivity index (χ4v) is 14.5. The number of nitrogens with zero attached hydrogens (tertiary/aromatic N) is 5. The summed E-state index contributed by atoms with van der Waals surface area (Å²) in [5.41, 5.74) is 11.6. The summed E-state index contributed by atoms with van der Waals surface area (Å²) in [5, 5.41) is 27.1. The summed E-state index contributed by atoms with van der Waals surface area (Å²) in [4.78, 5) is 88.9. The number of carbonyl (C=O) groups excluding carboxylic acids is 7. The van der Waals surface area contributed by atoms with Crippen LogP contribution in [0.3, 0.4) is 0 Å². The van der Waals surface area contributed by atoms with Crippen LogP contribution in [-0.4, -0.2) is 92.1 Å². The van der Waals surface area contributed by atoms with Gasteiger partial charge in [-0.15, -0.1) is 0 Å². The molecule has 7 N–H and O–H groups in total. The molecule has 1 heterocycles. The summed E-state index contributed by atoms with van der Waals surface area (Å²) >= 11 is 0. The molecule has 1 fully saturated rings. The molecule has 6 amide bonds. The van der Waals surface area contributed by atoms with Crippen LogP contribution in [0.5, 0.6) is 0 Å². The van der Waals surface area contributed by atoms with E-state index in [2.05, 4.69) is 151 Å². The van der Waals surface area contributed by atoms with Crippen LogP contribution < -0.4 is 83.5 Å². The Morgan fingerprint density at radius 3 is 1.31 bits per heavy atom. The fourth-order valence-electron chi connectivity index (χ4n) is 13.7. The zero-order valence-electron chi connectivity index (χ0n) is 71.1. The third-order valence-corrected chi connectivity index (χ3v) is 20.9. The van der Waals surface area contributed by atoms with Crippen molar-refractivity contribution in [2.45, 2.75) is 233 Å². The van der Waals surface area contributed by atoms with E-state index in [4.69, 9.17) is 42.0 Å². The van der Waals surface area contributed by atoms with Crippen molar-refractivity contribution in [2.75, 3.05) is 39.5 Å². The Labute approximate surface area is 752 Å². The maximum Gasteiger partial charge on any atom is 1.00 e. The number of ether oxygens (including phenoxy) is 3. The number of rotatable bonds is 37. The molecule has 9 rings (SSSR count). The average Bonchev–Trinajstić information content (AvgIpc) is 1.64. The number of alkyl carbamates (subject to hydrolysis) is 1. The van der Waals surface area contributed by atoms with Crippen molar-refractivity contribution in [1.82, 2.24) is 31.3 Å². The molecular formula is C94H132KN11O10P2. The quantitative estimate of drug-likeness (QED) is 0.00243. The van der Waals surface area contributed by atoms with Crippen LogP contribution in [0.15, 0.2) is 205 Å². The van der Waals surface area contributed by atoms with Gasteiger partial charge in [0.1, 0.15) is 12.1 Å². The van der Waals surface area contributed by atoms with E-state index < -0.39 is 52.4 Å². The van der Waals surface area contributed by atoms with Crippen LogP contribution in [-0.2, 0) is 55.7 Å². The van der Waals surface area contributed by atoms with Gasteiger partial charge in [-0.05, 0) is 131 Å². The van der Waals surface area contributed by atoms with E-state index in [-0.39, 0.29) is 90.5 Å². The number of imide groups is 1. The minimum absolute atomic E-state index is 0. The number of carbonyl (C=O) groups is 6. The largest absolute Gasteiger partial charge is 1.00 e. The number of benzene rings is 7. The number of primary amides is 1. The molecular weight excluding hydrogens is 1540 g/mol. The second-order valence-corrected chi connectivity index (χ2v) is 28.0. The van der Waals surface area contributed by atoms with Gasteiger partial charge in [0.05, 0.1) is 18.8 Å². The predicted octanol–water partition coefficient (Wildman–Crippen LogP) is 18.1. The van der Waals surface area contributed by atoms with Gasteiger partial charge in [-0.25, -0.2) is 40.9 Å². The molecule has 118 heavy (non-hydrogen) atoms. The zero-order valence-corrected chi connectivity index (χ0v) is 76.6. The molecule has 24 heteroatoms. The standard InChI is InChI=1S/C32H37NO4.C18H28N2O3.C16H22N2O2.C10H13N2P.C9H12NP.C6H15N.CNO.CHN.CH4.K/c1-3-5-6-7-15-22-32(30(34)36-4-2,24-16-9-8-10-17-24)33-31(35)37-23-29-27-20-13-11-18-25(27)26-19-12-14-21-28(26)29;1-3-5-6-7-11-14-18(20-17(19)22,16(21)23-4-2)15-12-9-8-10-13-15;1-2-3-4-5-9-12-16(13-10-7-6-8-11-13)14(19)17-15(20)18-16;1-3-10(11-2,12-13)9-7-5-4-6-8-9;1-2-9(10-11)8-6-4-3-5-7-8;1-4-7(5-2)6-3;2-1-3;1-2;;/h8-14,16-21,29H,3-7,15,22-23H2,1-2H3,(H,33,35);8-10,12-13H,3-7,11,14H2,1-2H3,(H3,19,20,22);6-8,10-11H,2-5,9,12H2,1H3,(H2,17,18,19,20);4-8,12H,3,13H2,1H3;3-7H,2,11H2,1H3;4-6H2,1-3H3;;1H;1H4;/q;;;;;;-1;;;+1/t32-;18-;16-;;;;;;;/m001......./s1. The summed E-state index contributed by atoms with van der Waals surface area (Å²) in [6.07, 6.45) is 19.2. The van der Waals surface area contributed by atoms with Crippen molar-refractivity contribution in [1.29, 1.82) is 5.26 Å². The molecule has 1 aliphatic heterocycles. The first kappa shape index (κ1) is 109. The van der Waals surface area contributed by atoms with Crippen LogP contribution in [0.25, 0.3) is 21.4 Å². The van der Waals surface area contributed by atoms with Crippen molar-refractivity contribution in [3.63, 3.8) is 0 Å². The first-order valence-electron chi connectivity index (χ1n) is 40.9. The van der Waals surface area contributed by atoms with Crippen molar-refractivity contribution < 1.29 is 99.2 Å². The van der Waals surface area contributed by atoms with Crippen LogP contribution in [0.2, 0.25) is 0 Å². The third-order valence-electron chi connectivity index (χ3n) is 20.1. The average molecular weight is 1680 g/mol. The van der Waals surface area contributed by atoms with Crippen molar-refractivity contribution >= 4 is 66.6 Å². The smallest absolute Gasteiger partial charge is 0.724 e. The van der Waals surface area contributed by atoms with E-state index in [1.807, 2.05) is 171 Å². The number of urea groups is 2. The molecule has 6 atom stereocenters. The molecule has 0 spiro atoms. The normalized spacial score (nSPS) is 13.9. The number of isocyanates is 1. The SMILES string of the molecule is C.C#N.CCC(=NP)c1ccccc1.CCCCCCC[C@@](NC(=O)OCC1c2ccccc2-c2ccccc21)(C(=O)OCC)c1ccccc1.CCCCCCC[C@@](NC(N)=O)(C(=O)OCC)c1ccccc1.CCCCCCC[C@]1(c2ccccc2)NC(=O)NC1=O.CCN(CC)CC.[C-]#[N+]C(CC)(NP)c1ccccc1.[K+].[N-]=C=O. The van der Waals surface area contributed by atoms with Gasteiger partial charge in [0.2, 0.25) is 0 Å². The van der Waals surface area contributed by atoms with Gasteiger partial charge >= 0.3 is 87.1 Å². The molecule has 7 aromatic carbocycles. The molecule has 0 bridgehead atoms. The predicted molar refractivity (Wildman–Crippen MR) is 482 cm³/mol. The van der Waals surface area contributed by atoms with Gasteiger partial charge in [-0.2, -0.15) is 0 Å². The maximum atomic E-state index is 13.4. The van der Waals surface area contributed by atoms with Gasteiger partial charge in [0.15, 0.2) is 11.1 Å². The third kappa shape index (κ3) is 35.8. The molecule has 1 aliphatic carbocycles. The van der Waals surface area contributed by atoms with Gasteiger partial charge in [0, 0.05) is 24.6 Å². The monoisotopic (exact) mass is 1680 g/mol. The summed E-state index contributed by atoms with van der Waals surface area (Å²) < 4.78 is 20.7. The Balaban J connectivity index is 0.00000147. The van der Waals surface area contributed by atoms with E-state index in [1.165, 1.54) is 62.0 Å². The second kappa shape index (κ2) is 64.4. The minimum Gasteiger partial charge on any atom is -0.724 e. The number of nitrogens with two attached hydrogens (primary N) is 1. The van der Waals surface area contributed by atoms with E-state index in [1.54, 1.807) is 13.8 Å². The Hall–Kier alpha value is -8.59. The maximum absolute atomic E-state index is 13.4. The summed E-state index contributed by atoms with van der Waals surface area (Å²) in [5.74, 6) is -1.20. The molecule has 7 aromatic rings. The number of fused-ring (bicyclic) bond motifs is 3. The number of unbranched alkanes of at least 4 members (excludes halogenated alkanes) is 12. The van der Waals surface area contributed by atoms with Crippen LogP contribution in [0.1, 0.15) is 250 Å². The summed E-state index contributed by atoms with van der Waals surface area (Å²) in [6.45, 7) is 35.6. The Morgan fingerprint density at radius 1 is 0.585 bits per heavy atom. The Kier molecular flexibility index (Phi) is 59.7. The topological polar surface area (TPSA) is 299 Å². The van der Waals surface area contributed by atoms with Gasteiger partial charge in [-0.3, -0.25) is 24.5 Å². The molecule has 0 aromatic heterocycles. The molecule has 0 saturated carbocycles. The number of nitrogens with one attached hydrogen (secondary N) is 5. The molecule has 634 valence electrons. The molecule has 2 aliphatic rings. The second-order valence-electron chi connectivity index (χ2n) is 27.4. The first-order chi connectivity index (χ1) is 56.3. The van der Waals surface area contributed by atoms with Gasteiger partial charge < -0.3 is 46.2 Å². The number of hydrogen-bond acceptors (Lipinski definition) is 14. The first-order valence-corrected chi connectivity index (χ1v) is 42.0. The van der Waals surface area contributed by atoms with Gasteiger partial charge in [-0.1, -0.05) is 357 Å². The Morgan fingerprint density at radius 2 is 0.966 bits per heavy atom. The zero-order chi connectivity index (χ0) is 85.9. The molecule has 1 saturated heterocycles. The van der Waals surface area contributed by atoms with Crippen LogP contribution in [0.4, 0.5) is 14.4 Å². The molecule has 3 unspecified atom stereocenters. The van der Waals surface area contributed by atoms with E-state index in [0.29, 0.717) is 36.5 Å². The number of amides is 6.